The zero-order valence-electron chi connectivity index (χ0n) is 16.2. The topological polar surface area (TPSA) is 68.2 Å². The van der Waals surface area contributed by atoms with E-state index in [0.29, 0.717) is 6.42 Å². The maximum Gasteiger partial charge on any atom is 0.303 e. The number of hydrogen-bond donors (Lipinski definition) is 2. The molecule has 146 valence electrons. The lowest BCUT2D eigenvalue weighted by Crippen LogP contribution is -1.99. The molecule has 0 spiro atoms. The molecule has 0 atom stereocenters. The van der Waals surface area contributed by atoms with Gasteiger partial charge in [-0.1, -0.05) is 48.5 Å². The van der Waals surface area contributed by atoms with Crippen molar-refractivity contribution in [3.63, 3.8) is 0 Å². The van der Waals surface area contributed by atoms with Crippen molar-refractivity contribution in [2.45, 2.75) is 25.7 Å². The molecule has 4 rings (SSSR count). The van der Waals surface area contributed by atoms with Crippen molar-refractivity contribution >= 4 is 22.6 Å². The van der Waals surface area contributed by atoms with E-state index in [1.54, 1.807) is 0 Å². The minimum Gasteiger partial charge on any atom is -0.481 e. The summed E-state index contributed by atoms with van der Waals surface area (Å²) >= 11 is 0. The maximum absolute atomic E-state index is 11.0. The van der Waals surface area contributed by atoms with Gasteiger partial charge in [-0.15, -0.1) is 0 Å². The van der Waals surface area contributed by atoms with Crippen LogP contribution in [0.2, 0.25) is 0 Å². The molecule has 0 saturated heterocycles. The number of fused-ring (bicyclic) bond motifs is 1. The second-order valence-electron chi connectivity index (χ2n) is 7.31. The van der Waals surface area contributed by atoms with Crippen molar-refractivity contribution in [1.29, 1.82) is 0 Å². The predicted molar refractivity (Wildman–Crippen MR) is 117 cm³/mol. The molecule has 29 heavy (non-hydrogen) atoms. The van der Waals surface area contributed by atoms with Gasteiger partial charge >= 0.3 is 5.97 Å². The standard InChI is InChI=1S/C25H24N2O2/c26-22-8-4-5-9-24(22)27-17-20(13-10-18-6-2-1-3-7-18)21-16-19(11-14-23(21)27)12-15-25(28)29/h1-9,11,14,16-17H,10,12-13,15,26H2,(H,28,29). The Kier molecular flexibility index (Phi) is 5.34. The van der Waals surface area contributed by atoms with Crippen LogP contribution in [0, 0.1) is 0 Å². The highest BCUT2D eigenvalue weighted by molar-refractivity contribution is 5.87. The van der Waals surface area contributed by atoms with E-state index in [-0.39, 0.29) is 6.42 Å². The molecule has 4 heteroatoms. The molecule has 3 aromatic carbocycles. The molecule has 0 aliphatic heterocycles. The van der Waals surface area contributed by atoms with Crippen molar-refractivity contribution in [3.8, 4) is 5.69 Å². The van der Waals surface area contributed by atoms with Crippen molar-refractivity contribution < 1.29 is 9.90 Å². The van der Waals surface area contributed by atoms with Gasteiger partial charge in [0.15, 0.2) is 0 Å². The van der Waals surface area contributed by atoms with E-state index < -0.39 is 5.97 Å². The maximum atomic E-state index is 11.0. The van der Waals surface area contributed by atoms with E-state index in [2.05, 4.69) is 47.2 Å². The third kappa shape index (κ3) is 4.16. The molecule has 4 nitrogen and oxygen atoms in total. The zero-order valence-corrected chi connectivity index (χ0v) is 16.2. The van der Waals surface area contributed by atoms with Crippen LogP contribution in [0.1, 0.15) is 23.1 Å². The fourth-order valence-corrected chi connectivity index (χ4v) is 3.78. The smallest absolute Gasteiger partial charge is 0.303 e. The van der Waals surface area contributed by atoms with Gasteiger partial charge in [0.1, 0.15) is 0 Å². The minimum absolute atomic E-state index is 0.136. The molecule has 0 radical (unpaired) electrons. The van der Waals surface area contributed by atoms with Gasteiger partial charge in [-0.2, -0.15) is 0 Å². The fourth-order valence-electron chi connectivity index (χ4n) is 3.78. The number of anilines is 1. The fraction of sp³-hybridized carbons (Fsp3) is 0.160. The summed E-state index contributed by atoms with van der Waals surface area (Å²) in [6, 6.07) is 24.5. The number of aromatic nitrogens is 1. The van der Waals surface area contributed by atoms with Crippen molar-refractivity contribution in [2.24, 2.45) is 0 Å². The number of para-hydroxylation sites is 2. The van der Waals surface area contributed by atoms with Crippen molar-refractivity contribution in [2.75, 3.05) is 5.73 Å². The number of aliphatic carboxylic acids is 1. The summed E-state index contributed by atoms with van der Waals surface area (Å²) < 4.78 is 2.14. The van der Waals surface area contributed by atoms with Crippen LogP contribution in [0.4, 0.5) is 5.69 Å². The van der Waals surface area contributed by atoms with Gasteiger partial charge in [-0.3, -0.25) is 4.79 Å². The molecule has 0 bridgehead atoms. The molecule has 4 aromatic rings. The van der Waals surface area contributed by atoms with Crippen LogP contribution in [0.25, 0.3) is 16.6 Å². The van der Waals surface area contributed by atoms with E-state index in [4.69, 9.17) is 10.8 Å². The normalized spacial score (nSPS) is 11.0. The first-order valence-corrected chi connectivity index (χ1v) is 9.85. The Bertz CT molecular complexity index is 1150. The van der Waals surface area contributed by atoms with Gasteiger partial charge in [0.25, 0.3) is 0 Å². The summed E-state index contributed by atoms with van der Waals surface area (Å²) in [4.78, 5) is 11.0. The summed E-state index contributed by atoms with van der Waals surface area (Å²) in [6.07, 6.45) is 4.69. The van der Waals surface area contributed by atoms with Gasteiger partial charge in [0, 0.05) is 18.0 Å². The molecule has 0 aliphatic carbocycles. The number of carboxylic acid groups (broad SMARTS) is 1. The lowest BCUT2D eigenvalue weighted by molar-refractivity contribution is -0.136. The van der Waals surface area contributed by atoms with E-state index >= 15 is 0 Å². The quantitative estimate of drug-likeness (QED) is 0.440. The molecule has 0 unspecified atom stereocenters. The number of carboxylic acids is 1. The number of nitrogen functional groups attached to an aromatic ring is 1. The van der Waals surface area contributed by atoms with Crippen LogP contribution in [0.5, 0.6) is 0 Å². The molecule has 1 heterocycles. The van der Waals surface area contributed by atoms with Gasteiger partial charge in [0.2, 0.25) is 0 Å². The Labute approximate surface area is 170 Å². The summed E-state index contributed by atoms with van der Waals surface area (Å²) in [5, 5.41) is 10.2. The Balaban J connectivity index is 1.75. The molecule has 0 saturated carbocycles. The number of carbonyl (C=O) groups is 1. The SMILES string of the molecule is Nc1ccccc1-n1cc(CCc2ccccc2)c2cc(CCC(=O)O)ccc21. The second kappa shape index (κ2) is 8.23. The largest absolute Gasteiger partial charge is 0.481 e. The number of nitrogens with two attached hydrogens (primary N) is 1. The van der Waals surface area contributed by atoms with Crippen molar-refractivity contribution in [1.82, 2.24) is 4.57 Å². The van der Waals surface area contributed by atoms with Crippen LogP contribution in [0.3, 0.4) is 0 Å². The lowest BCUT2D eigenvalue weighted by Gasteiger charge is -2.09. The number of benzene rings is 3. The number of aryl methyl sites for hydroxylation is 3. The van der Waals surface area contributed by atoms with Gasteiger partial charge in [0.05, 0.1) is 16.9 Å². The average molecular weight is 384 g/mol. The third-order valence-electron chi connectivity index (χ3n) is 5.30. The second-order valence-corrected chi connectivity index (χ2v) is 7.31. The summed E-state index contributed by atoms with van der Waals surface area (Å²) in [7, 11) is 0. The van der Waals surface area contributed by atoms with Gasteiger partial charge in [-0.05, 0) is 60.2 Å². The molecule has 0 aliphatic rings. The Morgan fingerprint density at radius 2 is 1.62 bits per heavy atom. The van der Waals surface area contributed by atoms with Crippen molar-refractivity contribution in [3.05, 3.63) is 95.7 Å². The number of hydrogen-bond acceptors (Lipinski definition) is 2. The van der Waals surface area contributed by atoms with Gasteiger partial charge in [-0.25, -0.2) is 0 Å². The van der Waals surface area contributed by atoms with Crippen LogP contribution in [-0.4, -0.2) is 15.6 Å². The van der Waals surface area contributed by atoms with E-state index in [9.17, 15) is 4.79 Å². The third-order valence-corrected chi connectivity index (χ3v) is 5.30. The van der Waals surface area contributed by atoms with E-state index in [0.717, 1.165) is 40.7 Å². The van der Waals surface area contributed by atoms with Crippen LogP contribution in [-0.2, 0) is 24.1 Å². The lowest BCUT2D eigenvalue weighted by atomic mass is 10.0. The molecule has 0 fully saturated rings. The van der Waals surface area contributed by atoms with E-state index in [1.165, 1.54) is 11.1 Å². The number of nitrogens with zero attached hydrogens (tertiary/aromatic N) is 1. The first-order chi connectivity index (χ1) is 14.1. The minimum atomic E-state index is -0.774. The molecule has 1 aromatic heterocycles. The predicted octanol–water partition coefficient (Wildman–Crippen LogP) is 5.02. The monoisotopic (exact) mass is 384 g/mol. The van der Waals surface area contributed by atoms with Crippen LogP contribution < -0.4 is 5.73 Å². The molecular formula is C25H24N2O2. The Hall–Kier alpha value is -3.53. The molecule has 3 N–H and O–H groups in total. The average Bonchev–Trinajstić information content (AvgIpc) is 3.09. The molecule has 0 amide bonds. The summed E-state index contributed by atoms with van der Waals surface area (Å²) in [5.74, 6) is -0.774. The highest BCUT2D eigenvalue weighted by Gasteiger charge is 2.13. The van der Waals surface area contributed by atoms with Crippen LogP contribution >= 0.6 is 0 Å². The molecular weight excluding hydrogens is 360 g/mol. The first-order valence-electron chi connectivity index (χ1n) is 9.85. The van der Waals surface area contributed by atoms with Gasteiger partial charge < -0.3 is 15.4 Å². The highest BCUT2D eigenvalue weighted by Crippen LogP contribution is 2.29. The number of rotatable bonds is 7. The van der Waals surface area contributed by atoms with E-state index in [1.807, 2.05) is 36.4 Å². The van der Waals surface area contributed by atoms with Crippen LogP contribution in [0.15, 0.2) is 79.0 Å². The Morgan fingerprint density at radius 1 is 0.862 bits per heavy atom. The highest BCUT2D eigenvalue weighted by atomic mass is 16.4. The zero-order chi connectivity index (χ0) is 20.2. The summed E-state index contributed by atoms with van der Waals surface area (Å²) in [5.41, 5.74) is 12.6. The first kappa shape index (κ1) is 18.8. The summed E-state index contributed by atoms with van der Waals surface area (Å²) in [6.45, 7) is 0. The Morgan fingerprint density at radius 3 is 2.38 bits per heavy atom.